The fraction of sp³-hybridized carbons (Fsp3) is 0.385. The Morgan fingerprint density at radius 2 is 1.94 bits per heavy atom. The largest absolute Gasteiger partial charge is 1.00 e. The summed E-state index contributed by atoms with van der Waals surface area (Å²) in [4.78, 5) is 38.9. The second-order valence-electron chi connectivity index (χ2n) is 8.77. The Hall–Kier alpha value is -2.68. The molecule has 1 unspecified atom stereocenters. The van der Waals surface area contributed by atoms with Crippen LogP contribution in [0.1, 0.15) is 54.5 Å². The second kappa shape index (κ2) is 11.8. The number of carbonyl (C=O) groups is 3. The monoisotopic (exact) mass is 487 g/mol. The molecule has 0 amide bonds. The van der Waals surface area contributed by atoms with E-state index in [2.05, 4.69) is 4.98 Å². The van der Waals surface area contributed by atoms with Gasteiger partial charge in [0.15, 0.2) is 0 Å². The molecule has 3 aromatic rings. The zero-order valence-corrected chi connectivity index (χ0v) is 22.4. The summed E-state index contributed by atoms with van der Waals surface area (Å²) < 4.78 is 8.91. The molecule has 1 fully saturated rings. The molecule has 1 aromatic carbocycles. The third kappa shape index (κ3) is 5.77. The first kappa shape index (κ1) is 26.9. The number of nitrogens with zero attached hydrogens (tertiary/aromatic N) is 3. The van der Waals surface area contributed by atoms with Crippen LogP contribution in [-0.4, -0.2) is 43.6 Å². The van der Waals surface area contributed by atoms with Gasteiger partial charge in [0.1, 0.15) is 0 Å². The van der Waals surface area contributed by atoms with Crippen LogP contribution in [0.15, 0.2) is 55.0 Å². The van der Waals surface area contributed by atoms with E-state index in [0.29, 0.717) is 36.7 Å². The quantitative estimate of drug-likeness (QED) is 0.310. The number of aryl methyl sites for hydroxylation is 1. The first-order valence-corrected chi connectivity index (χ1v) is 11.5. The van der Waals surface area contributed by atoms with E-state index in [1.807, 2.05) is 47.5 Å². The van der Waals surface area contributed by atoms with Gasteiger partial charge in [-0.1, -0.05) is 37.3 Å². The van der Waals surface area contributed by atoms with Gasteiger partial charge in [0.2, 0.25) is 5.78 Å². The smallest absolute Gasteiger partial charge is 1.00 e. The fourth-order valence-electron chi connectivity index (χ4n) is 4.78. The molecule has 2 aromatic heterocycles. The number of hydrogen-bond donors (Lipinski definition) is 1. The van der Waals surface area contributed by atoms with Gasteiger partial charge in [-0.2, -0.15) is 0 Å². The van der Waals surface area contributed by atoms with Crippen molar-refractivity contribution in [1.29, 1.82) is 0 Å². The molecule has 3 atom stereocenters. The molecule has 4 heterocycles. The van der Waals surface area contributed by atoms with Crippen molar-refractivity contribution in [2.24, 2.45) is 18.9 Å². The molecular weight excluding hydrogens is 457 g/mol. The first-order valence-electron chi connectivity index (χ1n) is 11.5. The Balaban J connectivity index is 0.000000246. The molecule has 0 spiro atoms. The molecule has 0 aliphatic carbocycles. The number of fused-ring (bicyclic) bond motifs is 1. The number of imidazole rings is 1. The summed E-state index contributed by atoms with van der Waals surface area (Å²) in [6, 6.07) is 12.5. The predicted octanol–water partition coefficient (Wildman–Crippen LogP) is 0.569. The number of carboxylic acid groups (broad SMARTS) is 1. The van der Waals surface area contributed by atoms with Crippen molar-refractivity contribution in [3.8, 4) is 0 Å². The van der Waals surface area contributed by atoms with Crippen molar-refractivity contribution in [3.63, 3.8) is 0 Å². The number of cyclic esters (lactones) is 1. The standard InChI is InChI=1S/C15H13NO3.C11H16N2O2.Na.H/c17-14(10-4-2-1-3-5-10)13-7-6-12-11(15(18)19)8-9-16(12)13;1-3-10-8(6-15-11(10)14)4-9-5-12-7-13(9)2;;/h1-7,11H,8-9H2,(H,18,19);5,7-8,10H,3-4,6H2,1-2H3;;/q;;+1;-1/t;8-,10-;;/m.0../s1. The molecule has 180 valence electrons. The normalized spacial score (nSPS) is 20.3. The maximum atomic E-state index is 12.4. The van der Waals surface area contributed by atoms with E-state index in [9.17, 15) is 14.4 Å². The summed E-state index contributed by atoms with van der Waals surface area (Å²) in [7, 11) is 1.97. The first-order chi connectivity index (χ1) is 16.4. The van der Waals surface area contributed by atoms with Gasteiger partial charge in [-0.3, -0.25) is 14.4 Å². The van der Waals surface area contributed by atoms with Gasteiger partial charge in [0.05, 0.1) is 30.5 Å². The van der Waals surface area contributed by atoms with Gasteiger partial charge in [0.25, 0.3) is 0 Å². The van der Waals surface area contributed by atoms with E-state index in [0.717, 1.165) is 24.2 Å². The van der Waals surface area contributed by atoms with Gasteiger partial charge < -0.3 is 20.4 Å². The number of hydrogen-bond acceptors (Lipinski definition) is 5. The average molecular weight is 488 g/mol. The minimum Gasteiger partial charge on any atom is -1.00 e. The predicted molar refractivity (Wildman–Crippen MR) is 126 cm³/mol. The summed E-state index contributed by atoms with van der Waals surface area (Å²) >= 11 is 0. The summed E-state index contributed by atoms with van der Waals surface area (Å²) in [5, 5.41) is 9.13. The minimum absolute atomic E-state index is 0. The molecule has 2 aliphatic rings. The SMILES string of the molecule is CC[C@@H]1C(=O)OC[C@@H]1Cc1cncn1C.O=C(c1ccccc1)c1ccc2n1CCC2C(=O)O.[H-].[Na+]. The molecule has 2 aliphatic heterocycles. The number of carbonyl (C=O) groups excluding carboxylic acids is 2. The zero-order valence-electron chi connectivity index (χ0n) is 21.4. The van der Waals surface area contributed by atoms with Crippen LogP contribution in [0, 0.1) is 11.8 Å². The van der Waals surface area contributed by atoms with Crippen LogP contribution in [0.25, 0.3) is 0 Å². The molecule has 0 bridgehead atoms. The minimum atomic E-state index is -0.824. The van der Waals surface area contributed by atoms with E-state index in [-0.39, 0.29) is 48.7 Å². The molecular formula is C26H30N3NaO5. The number of esters is 1. The summed E-state index contributed by atoms with van der Waals surface area (Å²) in [6.07, 6.45) is 5.94. The number of rotatable bonds is 6. The van der Waals surface area contributed by atoms with Crippen molar-refractivity contribution < 1.29 is 55.2 Å². The van der Waals surface area contributed by atoms with Crippen molar-refractivity contribution in [2.75, 3.05) is 6.61 Å². The number of ether oxygens (including phenoxy) is 1. The van der Waals surface area contributed by atoms with Gasteiger partial charge in [-0.15, -0.1) is 0 Å². The van der Waals surface area contributed by atoms with Crippen molar-refractivity contribution in [1.82, 2.24) is 14.1 Å². The van der Waals surface area contributed by atoms with Crippen molar-refractivity contribution >= 4 is 17.7 Å². The van der Waals surface area contributed by atoms with Crippen LogP contribution < -0.4 is 29.6 Å². The average Bonchev–Trinajstić information content (AvgIpc) is 3.60. The van der Waals surface area contributed by atoms with E-state index >= 15 is 0 Å². The van der Waals surface area contributed by atoms with Crippen molar-refractivity contribution in [2.45, 2.75) is 38.6 Å². The molecule has 5 rings (SSSR count). The van der Waals surface area contributed by atoms with Gasteiger partial charge in [0, 0.05) is 42.7 Å². The van der Waals surface area contributed by atoms with Gasteiger partial charge >= 0.3 is 41.5 Å². The van der Waals surface area contributed by atoms with E-state index in [4.69, 9.17) is 9.84 Å². The van der Waals surface area contributed by atoms with E-state index < -0.39 is 11.9 Å². The van der Waals surface area contributed by atoms with E-state index in [1.54, 1.807) is 30.6 Å². The Labute approximate surface area is 228 Å². The molecule has 1 N–H and O–H groups in total. The Morgan fingerprint density at radius 3 is 2.57 bits per heavy atom. The summed E-state index contributed by atoms with van der Waals surface area (Å²) in [5.74, 6) is -1.02. The van der Waals surface area contributed by atoms with Crippen LogP contribution >= 0.6 is 0 Å². The fourth-order valence-corrected chi connectivity index (χ4v) is 4.78. The molecule has 9 heteroatoms. The zero-order chi connectivity index (χ0) is 24.2. The van der Waals surface area contributed by atoms with Crippen LogP contribution in [0.5, 0.6) is 0 Å². The molecule has 0 radical (unpaired) electrons. The van der Waals surface area contributed by atoms with Crippen LogP contribution in [-0.2, 0) is 34.3 Å². The van der Waals surface area contributed by atoms with Crippen LogP contribution in [0.3, 0.4) is 0 Å². The Morgan fingerprint density at radius 1 is 1.20 bits per heavy atom. The van der Waals surface area contributed by atoms with Gasteiger partial charge in [-0.05, 0) is 31.4 Å². The maximum Gasteiger partial charge on any atom is 1.00 e. The topological polar surface area (TPSA) is 103 Å². The third-order valence-electron chi connectivity index (χ3n) is 6.72. The summed E-state index contributed by atoms with van der Waals surface area (Å²) in [5.41, 5.74) is 3.09. The molecule has 1 saturated heterocycles. The molecule has 35 heavy (non-hydrogen) atoms. The van der Waals surface area contributed by atoms with Gasteiger partial charge in [-0.25, -0.2) is 4.98 Å². The number of benzene rings is 1. The third-order valence-corrected chi connectivity index (χ3v) is 6.72. The number of carboxylic acids is 1. The Bertz CT molecular complexity index is 1190. The van der Waals surface area contributed by atoms with Crippen LogP contribution in [0.2, 0.25) is 0 Å². The van der Waals surface area contributed by atoms with Crippen LogP contribution in [0.4, 0.5) is 0 Å². The second-order valence-corrected chi connectivity index (χ2v) is 8.77. The number of aromatic nitrogens is 3. The van der Waals surface area contributed by atoms with Crippen molar-refractivity contribution in [3.05, 3.63) is 77.6 Å². The number of aliphatic carboxylic acids is 1. The number of ketones is 1. The summed E-state index contributed by atoms with van der Waals surface area (Å²) in [6.45, 7) is 3.18. The Kier molecular flexibility index (Phi) is 9.10. The maximum absolute atomic E-state index is 12.4. The van der Waals surface area contributed by atoms with E-state index in [1.165, 1.54) is 0 Å². The molecule has 0 saturated carbocycles. The molecule has 8 nitrogen and oxygen atoms in total.